The van der Waals surface area contributed by atoms with Crippen LogP contribution in [0.25, 0.3) is 11.4 Å². The number of aromatic nitrogens is 5. The number of H-pyrrole nitrogens is 1. The summed E-state index contributed by atoms with van der Waals surface area (Å²) in [5.74, 6) is 0.657. The Morgan fingerprint density at radius 2 is 1.82 bits per heavy atom. The van der Waals surface area contributed by atoms with Gasteiger partial charge in [0, 0.05) is 24.7 Å². The minimum atomic E-state index is 0.380. The van der Waals surface area contributed by atoms with E-state index < -0.39 is 0 Å². The molecule has 0 atom stereocenters. The third kappa shape index (κ3) is 4.84. The molecule has 7 nitrogen and oxygen atoms in total. The molecule has 1 aliphatic rings. The van der Waals surface area contributed by atoms with Crippen molar-refractivity contribution in [3.63, 3.8) is 0 Å². The maximum atomic E-state index is 6.19. The Morgan fingerprint density at radius 3 is 2.57 bits per heavy atom. The van der Waals surface area contributed by atoms with Gasteiger partial charge >= 0.3 is 0 Å². The molecule has 0 radical (unpaired) electrons. The van der Waals surface area contributed by atoms with Gasteiger partial charge in [0.15, 0.2) is 21.3 Å². The van der Waals surface area contributed by atoms with Crippen LogP contribution in [0.5, 0.6) is 0 Å². The van der Waals surface area contributed by atoms with E-state index in [0.29, 0.717) is 26.3 Å². The van der Waals surface area contributed by atoms with E-state index in [1.165, 1.54) is 34.7 Å². The van der Waals surface area contributed by atoms with Gasteiger partial charge in [-0.15, -0.1) is 0 Å². The first kappa shape index (κ1) is 19.2. The van der Waals surface area contributed by atoms with Crippen LogP contribution in [0.15, 0.2) is 44.6 Å². The molecule has 10 heteroatoms. The summed E-state index contributed by atoms with van der Waals surface area (Å²) in [4.78, 5) is 17.8. The van der Waals surface area contributed by atoms with Gasteiger partial charge in [0.1, 0.15) is 10.2 Å². The number of amidine groups is 1. The maximum Gasteiger partial charge on any atom is 0.197 e. The van der Waals surface area contributed by atoms with Crippen molar-refractivity contribution in [2.24, 2.45) is 4.99 Å². The summed E-state index contributed by atoms with van der Waals surface area (Å²) in [5, 5.41) is 13.6. The summed E-state index contributed by atoms with van der Waals surface area (Å²) in [6.07, 6.45) is 1.04. The highest BCUT2D eigenvalue weighted by atomic mass is 35.5. The Kier molecular flexibility index (Phi) is 5.84. The zero-order valence-corrected chi connectivity index (χ0v) is 17.8. The van der Waals surface area contributed by atoms with Crippen molar-refractivity contribution in [2.45, 2.75) is 35.6 Å². The molecule has 3 heterocycles. The molecule has 2 aromatic heterocycles. The largest absolute Gasteiger partial charge is 0.364 e. The fraction of sp³-hybridized carbons (Fsp3) is 0.278. The first-order valence-electron chi connectivity index (χ1n) is 8.75. The lowest BCUT2D eigenvalue weighted by Crippen LogP contribution is -2.26. The van der Waals surface area contributed by atoms with Crippen LogP contribution >= 0.6 is 35.1 Å². The lowest BCUT2D eigenvalue weighted by Gasteiger charge is -2.12. The molecule has 0 unspecified atom stereocenters. The van der Waals surface area contributed by atoms with Crippen molar-refractivity contribution < 1.29 is 0 Å². The highest BCUT2D eigenvalue weighted by molar-refractivity contribution is 8.13. The number of hydrogen-bond acceptors (Lipinski definition) is 8. The van der Waals surface area contributed by atoms with Gasteiger partial charge in [0.25, 0.3) is 0 Å². The van der Waals surface area contributed by atoms with Crippen molar-refractivity contribution >= 4 is 40.3 Å². The molecule has 3 aromatic rings. The second kappa shape index (κ2) is 8.50. The van der Waals surface area contributed by atoms with E-state index in [0.717, 1.165) is 30.2 Å². The number of aryl methyl sites for hydroxylation is 2. The number of nitrogens with zero attached hydrogens (tertiary/aromatic N) is 5. The van der Waals surface area contributed by atoms with E-state index in [4.69, 9.17) is 11.6 Å². The van der Waals surface area contributed by atoms with Crippen LogP contribution in [-0.4, -0.2) is 43.4 Å². The summed E-state index contributed by atoms with van der Waals surface area (Å²) in [6, 6.07) is 7.97. The van der Waals surface area contributed by atoms with Crippen LogP contribution in [0.1, 0.15) is 17.5 Å². The van der Waals surface area contributed by atoms with E-state index in [9.17, 15) is 0 Å². The molecular formula is C18H18ClN7S2. The third-order valence-corrected chi connectivity index (χ3v) is 5.67. The summed E-state index contributed by atoms with van der Waals surface area (Å²) in [6.45, 7) is 5.85. The summed E-state index contributed by atoms with van der Waals surface area (Å²) < 4.78 is 0. The fourth-order valence-electron chi connectivity index (χ4n) is 2.77. The van der Waals surface area contributed by atoms with Gasteiger partial charge in [-0.3, -0.25) is 10.1 Å². The van der Waals surface area contributed by atoms with Crippen molar-refractivity contribution in [1.82, 2.24) is 30.5 Å². The lowest BCUT2D eigenvalue weighted by molar-refractivity contribution is 0.750. The first-order valence-corrected chi connectivity index (χ1v) is 10.8. The zero-order valence-electron chi connectivity index (χ0n) is 15.4. The smallest absolute Gasteiger partial charge is 0.197 e. The number of thioether (sulfide) groups is 1. The first-order chi connectivity index (χ1) is 13.5. The number of hydrogen-bond donors (Lipinski definition) is 2. The maximum absolute atomic E-state index is 6.19. The van der Waals surface area contributed by atoms with Crippen molar-refractivity contribution in [2.75, 3.05) is 13.1 Å². The summed E-state index contributed by atoms with van der Waals surface area (Å²) >= 11 is 8.93. The number of halogens is 1. The van der Waals surface area contributed by atoms with Gasteiger partial charge in [-0.25, -0.2) is 15.0 Å². The Morgan fingerprint density at radius 1 is 1.00 bits per heavy atom. The van der Waals surface area contributed by atoms with Crippen molar-refractivity contribution in [3.8, 4) is 11.4 Å². The minimum absolute atomic E-state index is 0.380. The number of aliphatic imine (C=N–C) groups is 1. The molecule has 0 fully saturated rings. The van der Waals surface area contributed by atoms with Gasteiger partial charge in [0.05, 0.1) is 0 Å². The normalized spacial score (nSPS) is 13.9. The molecule has 1 aliphatic heterocycles. The number of rotatable bonds is 4. The second-order valence-corrected chi connectivity index (χ2v) is 8.68. The summed E-state index contributed by atoms with van der Waals surface area (Å²) in [7, 11) is 0. The van der Waals surface area contributed by atoms with Gasteiger partial charge in [-0.2, -0.15) is 5.10 Å². The number of benzene rings is 1. The van der Waals surface area contributed by atoms with E-state index in [1.807, 2.05) is 0 Å². The SMILES string of the molecule is Cc1cc(C)cc(-c2n[nH]c(Sc3cc(Cl)nc(SC4=NCCCN4)n3)n2)c1. The average Bonchev–Trinajstić information content (AvgIpc) is 3.10. The van der Waals surface area contributed by atoms with Crippen LogP contribution < -0.4 is 5.32 Å². The molecule has 144 valence electrons. The quantitative estimate of drug-likeness (QED) is 0.474. The van der Waals surface area contributed by atoms with E-state index in [1.54, 1.807) is 6.07 Å². The molecule has 0 amide bonds. The molecule has 1 aromatic carbocycles. The van der Waals surface area contributed by atoms with Gasteiger partial charge in [-0.1, -0.05) is 28.8 Å². The molecule has 2 N–H and O–H groups in total. The summed E-state index contributed by atoms with van der Waals surface area (Å²) in [5.41, 5.74) is 3.34. The predicted molar refractivity (Wildman–Crippen MR) is 113 cm³/mol. The molecule has 4 rings (SSSR count). The average molecular weight is 432 g/mol. The highest BCUT2D eigenvalue weighted by Crippen LogP contribution is 2.29. The molecule has 28 heavy (non-hydrogen) atoms. The molecular weight excluding hydrogens is 414 g/mol. The van der Waals surface area contributed by atoms with Crippen LogP contribution in [0.2, 0.25) is 5.15 Å². The van der Waals surface area contributed by atoms with Crippen LogP contribution in [0.4, 0.5) is 0 Å². The molecule has 0 saturated heterocycles. The van der Waals surface area contributed by atoms with Gasteiger partial charge < -0.3 is 5.32 Å². The van der Waals surface area contributed by atoms with Crippen molar-refractivity contribution in [3.05, 3.63) is 40.5 Å². The topological polar surface area (TPSA) is 91.7 Å². The predicted octanol–water partition coefficient (Wildman–Crippen LogP) is 4.12. The molecule has 0 aliphatic carbocycles. The van der Waals surface area contributed by atoms with E-state index >= 15 is 0 Å². The Balaban J connectivity index is 1.53. The zero-order chi connectivity index (χ0) is 19.5. The molecule has 0 bridgehead atoms. The van der Waals surface area contributed by atoms with Crippen molar-refractivity contribution in [1.29, 1.82) is 0 Å². The van der Waals surface area contributed by atoms with Crippen LogP contribution in [0, 0.1) is 13.8 Å². The number of nitrogens with one attached hydrogen (secondary N) is 2. The third-order valence-electron chi connectivity index (χ3n) is 3.85. The van der Waals surface area contributed by atoms with Crippen LogP contribution in [-0.2, 0) is 0 Å². The Bertz CT molecular complexity index is 1010. The monoisotopic (exact) mass is 431 g/mol. The molecule has 0 spiro atoms. The van der Waals surface area contributed by atoms with E-state index in [-0.39, 0.29) is 0 Å². The Labute approximate surface area is 176 Å². The van der Waals surface area contributed by atoms with Gasteiger partial charge in [-0.05, 0) is 55.9 Å². The lowest BCUT2D eigenvalue weighted by atomic mass is 10.1. The minimum Gasteiger partial charge on any atom is -0.364 e. The number of aromatic amines is 1. The standard InChI is InChI=1S/C18H18ClN7S2/c1-10-6-11(2)8-12(7-10)15-24-18(26-25-15)27-14-9-13(19)22-17(23-14)28-16-20-4-3-5-21-16/h6-9H,3-5H2,1-2H3,(H,20,21)(H,24,25,26). The molecule has 0 saturated carbocycles. The highest BCUT2D eigenvalue weighted by Gasteiger charge is 2.13. The van der Waals surface area contributed by atoms with Gasteiger partial charge in [0.2, 0.25) is 0 Å². The fourth-order valence-corrected chi connectivity index (χ4v) is 4.64. The van der Waals surface area contributed by atoms with Crippen LogP contribution in [0.3, 0.4) is 0 Å². The van der Waals surface area contributed by atoms with E-state index in [2.05, 4.69) is 67.5 Å². The second-order valence-electron chi connectivity index (χ2n) is 6.32. The Hall–Kier alpha value is -2.10.